The summed E-state index contributed by atoms with van der Waals surface area (Å²) in [4.78, 5) is 2.41. The normalized spacial score (nSPS) is 16.3. The SMILES string of the molecule is Clc1ccccc1C(c1ccccc1Cl)N1CC[N]CC1. The third-order valence-corrected chi connectivity index (χ3v) is 4.54. The number of nitrogens with zero attached hydrogens (tertiary/aromatic N) is 2. The average Bonchev–Trinajstić information content (AvgIpc) is 2.52. The van der Waals surface area contributed by atoms with Gasteiger partial charge in [0.2, 0.25) is 0 Å². The van der Waals surface area contributed by atoms with Crippen LogP contribution in [0.1, 0.15) is 17.2 Å². The molecule has 2 aromatic rings. The van der Waals surface area contributed by atoms with Gasteiger partial charge in [0.15, 0.2) is 0 Å². The van der Waals surface area contributed by atoms with Gasteiger partial charge in [-0.3, -0.25) is 4.90 Å². The molecule has 1 fully saturated rings. The Hall–Kier alpha value is -1.06. The molecule has 4 heteroatoms. The van der Waals surface area contributed by atoms with Gasteiger partial charge in [0, 0.05) is 36.2 Å². The highest BCUT2D eigenvalue weighted by Crippen LogP contribution is 2.36. The summed E-state index contributed by atoms with van der Waals surface area (Å²) in [6.07, 6.45) is 0. The van der Waals surface area contributed by atoms with Crippen molar-refractivity contribution in [2.75, 3.05) is 26.2 Å². The summed E-state index contributed by atoms with van der Waals surface area (Å²) < 4.78 is 0. The fourth-order valence-corrected chi connectivity index (χ4v) is 3.31. The van der Waals surface area contributed by atoms with Gasteiger partial charge < -0.3 is 0 Å². The number of hydrogen-bond acceptors (Lipinski definition) is 1. The van der Waals surface area contributed by atoms with Crippen LogP contribution in [-0.4, -0.2) is 31.1 Å². The Bertz CT molecular complexity index is 564. The van der Waals surface area contributed by atoms with Crippen molar-refractivity contribution >= 4 is 23.2 Å². The molecule has 2 aromatic carbocycles. The van der Waals surface area contributed by atoms with Crippen molar-refractivity contribution in [1.29, 1.82) is 0 Å². The molecular formula is C17H17Cl2N2. The number of rotatable bonds is 3. The lowest BCUT2D eigenvalue weighted by molar-refractivity contribution is 0.196. The lowest BCUT2D eigenvalue weighted by atomic mass is 9.96. The van der Waals surface area contributed by atoms with Crippen LogP contribution >= 0.6 is 23.2 Å². The molecule has 1 heterocycles. The molecule has 1 radical (unpaired) electrons. The number of benzene rings is 2. The Balaban J connectivity index is 2.07. The fourth-order valence-electron chi connectivity index (χ4n) is 2.83. The van der Waals surface area contributed by atoms with Crippen LogP contribution in [-0.2, 0) is 0 Å². The molecule has 0 spiro atoms. The fraction of sp³-hybridized carbons (Fsp3) is 0.294. The van der Waals surface area contributed by atoms with E-state index in [1.165, 1.54) is 0 Å². The predicted octanol–water partition coefficient (Wildman–Crippen LogP) is 4.00. The van der Waals surface area contributed by atoms with E-state index in [4.69, 9.17) is 23.2 Å². The van der Waals surface area contributed by atoms with Crippen molar-refractivity contribution < 1.29 is 0 Å². The second kappa shape index (κ2) is 6.80. The first-order valence-corrected chi connectivity index (χ1v) is 7.89. The summed E-state index contributed by atoms with van der Waals surface area (Å²) in [6, 6.07) is 16.1. The molecule has 0 atom stereocenters. The smallest absolute Gasteiger partial charge is 0.0632 e. The van der Waals surface area contributed by atoms with E-state index in [0.717, 1.165) is 47.4 Å². The van der Waals surface area contributed by atoms with E-state index in [2.05, 4.69) is 22.3 Å². The molecule has 0 aliphatic carbocycles. The van der Waals surface area contributed by atoms with E-state index >= 15 is 0 Å². The molecular weight excluding hydrogens is 303 g/mol. The molecule has 1 saturated heterocycles. The van der Waals surface area contributed by atoms with Crippen LogP contribution in [0.25, 0.3) is 0 Å². The average molecular weight is 320 g/mol. The van der Waals surface area contributed by atoms with E-state index in [-0.39, 0.29) is 6.04 Å². The van der Waals surface area contributed by atoms with Crippen LogP contribution < -0.4 is 5.32 Å². The van der Waals surface area contributed by atoms with Gasteiger partial charge in [-0.25, -0.2) is 5.32 Å². The molecule has 0 bridgehead atoms. The van der Waals surface area contributed by atoms with Crippen molar-refractivity contribution in [3.8, 4) is 0 Å². The van der Waals surface area contributed by atoms with Crippen LogP contribution in [0.4, 0.5) is 0 Å². The molecule has 0 aromatic heterocycles. The molecule has 109 valence electrons. The molecule has 0 amide bonds. The molecule has 1 aliphatic heterocycles. The van der Waals surface area contributed by atoms with E-state index in [0.29, 0.717) is 0 Å². The Morgan fingerprint density at radius 1 is 0.810 bits per heavy atom. The third kappa shape index (κ3) is 3.24. The monoisotopic (exact) mass is 319 g/mol. The predicted molar refractivity (Wildman–Crippen MR) is 88.2 cm³/mol. The summed E-state index contributed by atoms with van der Waals surface area (Å²) in [5.41, 5.74) is 2.21. The van der Waals surface area contributed by atoms with Crippen molar-refractivity contribution in [2.45, 2.75) is 6.04 Å². The second-order valence-electron chi connectivity index (χ2n) is 5.15. The summed E-state index contributed by atoms with van der Waals surface area (Å²) in [5, 5.41) is 6.00. The maximum absolute atomic E-state index is 6.45. The minimum atomic E-state index is 0.0860. The molecule has 21 heavy (non-hydrogen) atoms. The molecule has 0 saturated carbocycles. The van der Waals surface area contributed by atoms with Crippen molar-refractivity contribution in [3.63, 3.8) is 0 Å². The van der Waals surface area contributed by atoms with Gasteiger partial charge in [-0.15, -0.1) is 0 Å². The van der Waals surface area contributed by atoms with Crippen LogP contribution in [0.15, 0.2) is 48.5 Å². The molecule has 3 rings (SSSR count). The van der Waals surface area contributed by atoms with Gasteiger partial charge in [0.1, 0.15) is 0 Å². The van der Waals surface area contributed by atoms with E-state index in [1.54, 1.807) is 0 Å². The number of piperazine rings is 1. The van der Waals surface area contributed by atoms with E-state index in [1.807, 2.05) is 36.4 Å². The van der Waals surface area contributed by atoms with Crippen LogP contribution in [0, 0.1) is 0 Å². The summed E-state index contributed by atoms with van der Waals surface area (Å²) in [5.74, 6) is 0. The van der Waals surface area contributed by atoms with Crippen molar-refractivity contribution in [1.82, 2.24) is 10.2 Å². The van der Waals surface area contributed by atoms with Gasteiger partial charge in [0.05, 0.1) is 6.04 Å². The van der Waals surface area contributed by atoms with Crippen LogP contribution in [0.2, 0.25) is 10.0 Å². The van der Waals surface area contributed by atoms with Gasteiger partial charge in [-0.2, -0.15) is 0 Å². The second-order valence-corrected chi connectivity index (χ2v) is 5.97. The van der Waals surface area contributed by atoms with Crippen molar-refractivity contribution in [2.24, 2.45) is 0 Å². The maximum atomic E-state index is 6.45. The minimum Gasteiger partial charge on any atom is -0.290 e. The first-order chi connectivity index (χ1) is 10.3. The first kappa shape index (κ1) is 14.9. The summed E-state index contributed by atoms with van der Waals surface area (Å²) in [6.45, 7) is 3.60. The lowest BCUT2D eigenvalue weighted by Gasteiger charge is -2.35. The summed E-state index contributed by atoms with van der Waals surface area (Å²) in [7, 11) is 0. The molecule has 0 N–H and O–H groups in total. The first-order valence-electron chi connectivity index (χ1n) is 7.13. The van der Waals surface area contributed by atoms with Gasteiger partial charge in [-0.1, -0.05) is 59.6 Å². The quantitative estimate of drug-likeness (QED) is 0.835. The largest absolute Gasteiger partial charge is 0.290 e. The van der Waals surface area contributed by atoms with Crippen LogP contribution in [0.3, 0.4) is 0 Å². The minimum absolute atomic E-state index is 0.0860. The summed E-state index contributed by atoms with van der Waals surface area (Å²) >= 11 is 12.9. The van der Waals surface area contributed by atoms with E-state index < -0.39 is 0 Å². The van der Waals surface area contributed by atoms with Crippen LogP contribution in [0.5, 0.6) is 0 Å². The van der Waals surface area contributed by atoms with Gasteiger partial charge in [0.25, 0.3) is 0 Å². The third-order valence-electron chi connectivity index (χ3n) is 3.86. The standard InChI is InChI=1S/C17H17Cl2N2/c18-15-7-3-1-5-13(15)17(21-11-9-20-10-12-21)14-6-2-4-8-16(14)19/h1-8,17H,9-12H2. The number of halogens is 2. The zero-order chi connectivity index (χ0) is 14.7. The lowest BCUT2D eigenvalue weighted by Crippen LogP contribution is -2.42. The number of hydrogen-bond donors (Lipinski definition) is 0. The highest BCUT2D eigenvalue weighted by molar-refractivity contribution is 6.32. The zero-order valence-electron chi connectivity index (χ0n) is 11.7. The highest BCUT2D eigenvalue weighted by atomic mass is 35.5. The van der Waals surface area contributed by atoms with E-state index in [9.17, 15) is 0 Å². The zero-order valence-corrected chi connectivity index (χ0v) is 13.2. The van der Waals surface area contributed by atoms with Gasteiger partial charge >= 0.3 is 0 Å². The Labute approximate surface area is 135 Å². The Morgan fingerprint density at radius 2 is 1.29 bits per heavy atom. The Kier molecular flexibility index (Phi) is 4.81. The molecule has 0 unspecified atom stereocenters. The van der Waals surface area contributed by atoms with Gasteiger partial charge in [-0.05, 0) is 23.3 Å². The Morgan fingerprint density at radius 3 is 1.76 bits per heavy atom. The highest BCUT2D eigenvalue weighted by Gasteiger charge is 2.27. The molecule has 1 aliphatic rings. The molecule has 2 nitrogen and oxygen atoms in total. The maximum Gasteiger partial charge on any atom is 0.0632 e. The topological polar surface area (TPSA) is 17.3 Å². The van der Waals surface area contributed by atoms with Crippen molar-refractivity contribution in [3.05, 3.63) is 69.7 Å².